The van der Waals surface area contributed by atoms with Gasteiger partial charge in [-0.1, -0.05) is 6.07 Å². The zero-order chi connectivity index (χ0) is 13.0. The number of nitrogens with zero attached hydrogens (tertiary/aromatic N) is 2. The van der Waals surface area contributed by atoms with Gasteiger partial charge in [0.15, 0.2) is 0 Å². The van der Waals surface area contributed by atoms with Gasteiger partial charge in [-0.2, -0.15) is 5.10 Å². The van der Waals surface area contributed by atoms with Gasteiger partial charge in [-0.05, 0) is 49.1 Å². The summed E-state index contributed by atoms with van der Waals surface area (Å²) in [4.78, 5) is 0. The van der Waals surface area contributed by atoms with Crippen molar-refractivity contribution in [2.75, 3.05) is 5.94 Å². The van der Waals surface area contributed by atoms with Gasteiger partial charge in [0.2, 0.25) is 0 Å². The maximum absolute atomic E-state index is 5.47. The molecule has 0 spiro atoms. The monoisotopic (exact) mass is 262 g/mol. The molecule has 2 rings (SSSR count). The summed E-state index contributed by atoms with van der Waals surface area (Å²) >= 11 is 4.09. The van der Waals surface area contributed by atoms with E-state index in [4.69, 9.17) is 4.74 Å². The standard InChI is InChI=1S/C14H18N2OS/c1-11-9-14(17-10-18)12(2)8-13(11)4-7-16-6-3-5-15-16/h3,5-6,8-9,18H,4,7,10H2,1-2H3. The predicted molar refractivity (Wildman–Crippen MR) is 76.3 cm³/mol. The van der Waals surface area contributed by atoms with Crippen LogP contribution in [0.5, 0.6) is 5.75 Å². The SMILES string of the molecule is Cc1cc(OCS)c(C)cc1CCn1cccn1. The third kappa shape index (κ3) is 3.07. The van der Waals surface area contributed by atoms with Crippen LogP contribution < -0.4 is 4.74 Å². The zero-order valence-corrected chi connectivity index (χ0v) is 11.7. The Kier molecular flexibility index (Phi) is 4.31. The Hall–Kier alpha value is -1.42. The van der Waals surface area contributed by atoms with Crippen LogP contribution in [0.3, 0.4) is 0 Å². The molecule has 0 saturated carbocycles. The number of ether oxygens (including phenoxy) is 1. The molecule has 0 radical (unpaired) electrons. The molecule has 1 heterocycles. The van der Waals surface area contributed by atoms with E-state index in [0.717, 1.165) is 24.3 Å². The van der Waals surface area contributed by atoms with E-state index in [1.807, 2.05) is 23.1 Å². The minimum Gasteiger partial charge on any atom is -0.483 e. The summed E-state index contributed by atoms with van der Waals surface area (Å²) in [6.07, 6.45) is 4.78. The van der Waals surface area contributed by atoms with Crippen LogP contribution in [0.1, 0.15) is 16.7 Å². The fourth-order valence-electron chi connectivity index (χ4n) is 2.01. The highest BCUT2D eigenvalue weighted by molar-refractivity contribution is 7.80. The molecular formula is C14H18N2OS. The molecule has 0 N–H and O–H groups in total. The molecule has 18 heavy (non-hydrogen) atoms. The molecule has 0 bridgehead atoms. The van der Waals surface area contributed by atoms with E-state index in [9.17, 15) is 0 Å². The lowest BCUT2D eigenvalue weighted by atomic mass is 10.0. The quantitative estimate of drug-likeness (QED) is 0.662. The first-order valence-corrected chi connectivity index (χ1v) is 6.65. The van der Waals surface area contributed by atoms with Crippen LogP contribution in [0.2, 0.25) is 0 Å². The molecule has 1 aromatic heterocycles. The van der Waals surface area contributed by atoms with Gasteiger partial charge in [-0.15, -0.1) is 12.6 Å². The number of aryl methyl sites for hydroxylation is 4. The second-order valence-corrected chi connectivity index (χ2v) is 4.59. The van der Waals surface area contributed by atoms with Crippen molar-refractivity contribution in [3.8, 4) is 5.75 Å². The Bertz CT molecular complexity index is 509. The summed E-state index contributed by atoms with van der Waals surface area (Å²) in [7, 11) is 0. The predicted octanol–water partition coefficient (Wildman–Crippen LogP) is 3.01. The van der Waals surface area contributed by atoms with E-state index in [1.54, 1.807) is 0 Å². The van der Waals surface area contributed by atoms with Crippen molar-refractivity contribution in [2.24, 2.45) is 0 Å². The van der Waals surface area contributed by atoms with E-state index >= 15 is 0 Å². The van der Waals surface area contributed by atoms with Gasteiger partial charge in [0.05, 0.1) is 0 Å². The third-order valence-corrected chi connectivity index (χ3v) is 3.15. The average Bonchev–Trinajstić information content (AvgIpc) is 2.85. The van der Waals surface area contributed by atoms with Gasteiger partial charge < -0.3 is 4.74 Å². The van der Waals surface area contributed by atoms with Gasteiger partial charge in [-0.25, -0.2) is 0 Å². The van der Waals surface area contributed by atoms with Crippen molar-refractivity contribution in [1.82, 2.24) is 9.78 Å². The fourth-order valence-corrected chi connectivity index (χ4v) is 2.15. The lowest BCUT2D eigenvalue weighted by Gasteiger charge is -2.12. The molecule has 96 valence electrons. The van der Waals surface area contributed by atoms with Gasteiger partial charge in [0.25, 0.3) is 0 Å². The van der Waals surface area contributed by atoms with Crippen LogP contribution in [0.4, 0.5) is 0 Å². The number of hydrogen-bond acceptors (Lipinski definition) is 3. The normalized spacial score (nSPS) is 10.6. The summed E-state index contributed by atoms with van der Waals surface area (Å²) in [5.74, 6) is 1.33. The van der Waals surface area contributed by atoms with E-state index in [-0.39, 0.29) is 0 Å². The molecule has 0 amide bonds. The molecule has 3 nitrogen and oxygen atoms in total. The average molecular weight is 262 g/mol. The van der Waals surface area contributed by atoms with Gasteiger partial charge >= 0.3 is 0 Å². The summed E-state index contributed by atoms with van der Waals surface area (Å²) in [6, 6.07) is 6.23. The molecule has 0 aliphatic rings. The Labute approximate surface area is 113 Å². The lowest BCUT2D eigenvalue weighted by Crippen LogP contribution is -2.04. The van der Waals surface area contributed by atoms with E-state index in [1.165, 1.54) is 11.1 Å². The summed E-state index contributed by atoms with van der Waals surface area (Å²) < 4.78 is 7.42. The summed E-state index contributed by atoms with van der Waals surface area (Å²) in [5.41, 5.74) is 3.75. The molecule has 2 aromatic rings. The maximum atomic E-state index is 5.47. The highest BCUT2D eigenvalue weighted by Gasteiger charge is 2.05. The van der Waals surface area contributed by atoms with Crippen LogP contribution in [0, 0.1) is 13.8 Å². The van der Waals surface area contributed by atoms with E-state index in [2.05, 4.69) is 43.7 Å². The summed E-state index contributed by atoms with van der Waals surface area (Å²) in [5, 5.41) is 4.21. The number of hydrogen-bond donors (Lipinski definition) is 1. The molecule has 0 aliphatic carbocycles. The van der Waals surface area contributed by atoms with Gasteiger partial charge in [0, 0.05) is 18.9 Å². The first-order chi connectivity index (χ1) is 8.70. The molecule has 0 unspecified atom stereocenters. The largest absolute Gasteiger partial charge is 0.483 e. The molecule has 0 atom stereocenters. The van der Waals surface area contributed by atoms with Crippen molar-refractivity contribution in [3.05, 3.63) is 47.3 Å². The van der Waals surface area contributed by atoms with Crippen molar-refractivity contribution in [2.45, 2.75) is 26.8 Å². The minimum absolute atomic E-state index is 0.410. The number of benzene rings is 1. The second kappa shape index (κ2) is 5.96. The molecule has 0 fully saturated rings. The van der Waals surface area contributed by atoms with Crippen LogP contribution in [-0.4, -0.2) is 15.7 Å². The van der Waals surface area contributed by atoms with Crippen LogP contribution in [-0.2, 0) is 13.0 Å². The van der Waals surface area contributed by atoms with Crippen LogP contribution in [0.25, 0.3) is 0 Å². The third-order valence-electron chi connectivity index (χ3n) is 3.02. The fraction of sp³-hybridized carbons (Fsp3) is 0.357. The molecule has 4 heteroatoms. The second-order valence-electron chi connectivity index (χ2n) is 4.34. The van der Waals surface area contributed by atoms with Crippen LogP contribution in [0.15, 0.2) is 30.6 Å². The number of rotatable bonds is 5. The van der Waals surface area contributed by atoms with Crippen molar-refractivity contribution >= 4 is 12.6 Å². The minimum atomic E-state index is 0.410. The highest BCUT2D eigenvalue weighted by Crippen LogP contribution is 2.23. The van der Waals surface area contributed by atoms with E-state index < -0.39 is 0 Å². The van der Waals surface area contributed by atoms with Crippen molar-refractivity contribution in [3.63, 3.8) is 0 Å². The topological polar surface area (TPSA) is 27.1 Å². The molecule has 0 aliphatic heterocycles. The van der Waals surface area contributed by atoms with Gasteiger partial charge in [0.1, 0.15) is 11.7 Å². The Morgan fingerprint density at radius 2 is 2.11 bits per heavy atom. The zero-order valence-electron chi connectivity index (χ0n) is 10.8. The first-order valence-electron chi connectivity index (χ1n) is 6.02. The summed E-state index contributed by atoms with van der Waals surface area (Å²) in [6.45, 7) is 5.08. The Morgan fingerprint density at radius 3 is 2.78 bits per heavy atom. The van der Waals surface area contributed by atoms with Crippen LogP contribution >= 0.6 is 12.6 Å². The van der Waals surface area contributed by atoms with Gasteiger partial charge in [-0.3, -0.25) is 4.68 Å². The Balaban J connectivity index is 2.11. The smallest absolute Gasteiger partial charge is 0.131 e. The van der Waals surface area contributed by atoms with Crippen molar-refractivity contribution in [1.29, 1.82) is 0 Å². The van der Waals surface area contributed by atoms with Crippen molar-refractivity contribution < 1.29 is 4.74 Å². The first kappa shape index (κ1) is 13.0. The highest BCUT2D eigenvalue weighted by atomic mass is 32.1. The number of thiol groups is 1. The Morgan fingerprint density at radius 1 is 1.28 bits per heavy atom. The number of aromatic nitrogens is 2. The lowest BCUT2D eigenvalue weighted by molar-refractivity contribution is 0.391. The molecule has 0 saturated heterocycles. The molecule has 1 aromatic carbocycles. The molecular weight excluding hydrogens is 244 g/mol. The maximum Gasteiger partial charge on any atom is 0.131 e. The van der Waals surface area contributed by atoms with E-state index in [0.29, 0.717) is 5.94 Å².